The van der Waals surface area contributed by atoms with Crippen molar-refractivity contribution in [2.75, 3.05) is 17.7 Å². The summed E-state index contributed by atoms with van der Waals surface area (Å²) in [7, 11) is 1.80. The molecule has 2 aromatic rings. The molecule has 17 heavy (non-hydrogen) atoms. The Kier molecular flexibility index (Phi) is 3.22. The van der Waals surface area contributed by atoms with E-state index in [0.717, 1.165) is 5.76 Å². The van der Waals surface area contributed by atoms with Crippen LogP contribution in [0.1, 0.15) is 24.6 Å². The summed E-state index contributed by atoms with van der Waals surface area (Å²) in [6.07, 6.45) is 5.02. The van der Waals surface area contributed by atoms with E-state index in [-0.39, 0.29) is 6.04 Å². The smallest absolute Gasteiger partial charge is 0.216 e. The van der Waals surface area contributed by atoms with Crippen molar-refractivity contribution in [2.24, 2.45) is 0 Å². The average Bonchev–Trinajstić information content (AvgIpc) is 2.76. The Balaban J connectivity index is 2.09. The molecule has 2 heterocycles. The van der Waals surface area contributed by atoms with Gasteiger partial charge in [0.15, 0.2) is 0 Å². The van der Waals surface area contributed by atoms with Gasteiger partial charge < -0.3 is 15.1 Å². The summed E-state index contributed by atoms with van der Waals surface area (Å²) < 4.78 is 5.44. The van der Waals surface area contributed by atoms with Gasteiger partial charge in [-0.15, -0.1) is 0 Å². The lowest BCUT2D eigenvalue weighted by Gasteiger charge is -2.11. The van der Waals surface area contributed by atoms with Crippen LogP contribution in [0.5, 0.6) is 0 Å². The van der Waals surface area contributed by atoms with E-state index in [2.05, 4.69) is 25.6 Å². The number of nitrogens with one attached hydrogen (secondary N) is 2. The third-order valence-corrected chi connectivity index (χ3v) is 2.26. The van der Waals surface area contributed by atoms with E-state index in [0.29, 0.717) is 17.5 Å². The number of rotatable bonds is 4. The predicted molar refractivity (Wildman–Crippen MR) is 64.9 cm³/mol. The van der Waals surface area contributed by atoms with Gasteiger partial charge in [-0.2, -0.15) is 0 Å². The van der Waals surface area contributed by atoms with Gasteiger partial charge in [-0.25, -0.2) is 9.97 Å². The van der Waals surface area contributed by atoms with E-state index in [1.54, 1.807) is 25.6 Å². The first-order chi connectivity index (χ1) is 8.19. The molecule has 0 saturated carbocycles. The molecule has 2 N–H and O–H groups in total. The van der Waals surface area contributed by atoms with Gasteiger partial charge in [-0.1, -0.05) is 0 Å². The monoisotopic (exact) mass is 233 g/mol. The van der Waals surface area contributed by atoms with Crippen molar-refractivity contribution >= 4 is 11.6 Å². The number of oxazole rings is 1. The van der Waals surface area contributed by atoms with E-state index in [1.807, 2.05) is 13.8 Å². The van der Waals surface area contributed by atoms with Gasteiger partial charge in [-0.3, -0.25) is 4.98 Å². The molecule has 0 amide bonds. The highest BCUT2D eigenvalue weighted by molar-refractivity contribution is 5.41. The third kappa shape index (κ3) is 2.72. The van der Waals surface area contributed by atoms with E-state index < -0.39 is 0 Å². The second kappa shape index (κ2) is 4.82. The zero-order valence-corrected chi connectivity index (χ0v) is 10.1. The molecule has 0 aliphatic rings. The van der Waals surface area contributed by atoms with Crippen LogP contribution in [-0.4, -0.2) is 22.0 Å². The van der Waals surface area contributed by atoms with Crippen LogP contribution in [0, 0.1) is 6.92 Å². The van der Waals surface area contributed by atoms with E-state index in [9.17, 15) is 0 Å². The molecule has 1 atom stereocenters. The van der Waals surface area contributed by atoms with Crippen molar-refractivity contribution in [3.8, 4) is 0 Å². The maximum atomic E-state index is 5.44. The van der Waals surface area contributed by atoms with Gasteiger partial charge in [0.2, 0.25) is 5.89 Å². The number of hydrogen-bond donors (Lipinski definition) is 2. The molecule has 0 aromatic carbocycles. The fourth-order valence-electron chi connectivity index (χ4n) is 1.41. The number of nitrogens with zero attached hydrogens (tertiary/aromatic N) is 3. The molecule has 2 rings (SSSR count). The molecule has 0 bridgehead atoms. The molecule has 6 nitrogen and oxygen atoms in total. The largest absolute Gasteiger partial charge is 0.444 e. The van der Waals surface area contributed by atoms with Crippen molar-refractivity contribution < 1.29 is 4.42 Å². The molecular weight excluding hydrogens is 218 g/mol. The quantitative estimate of drug-likeness (QED) is 0.841. The van der Waals surface area contributed by atoms with Gasteiger partial charge in [0.1, 0.15) is 23.4 Å². The molecule has 0 saturated heterocycles. The summed E-state index contributed by atoms with van der Waals surface area (Å²) in [6, 6.07) is -0.0508. The average molecular weight is 233 g/mol. The van der Waals surface area contributed by atoms with Gasteiger partial charge in [0.25, 0.3) is 0 Å². The van der Waals surface area contributed by atoms with Crippen LogP contribution >= 0.6 is 0 Å². The highest BCUT2D eigenvalue weighted by atomic mass is 16.4. The lowest BCUT2D eigenvalue weighted by atomic mass is 10.3. The zero-order valence-electron chi connectivity index (χ0n) is 10.1. The van der Waals surface area contributed by atoms with Gasteiger partial charge in [0.05, 0.1) is 18.6 Å². The van der Waals surface area contributed by atoms with Crippen molar-refractivity contribution in [3.05, 3.63) is 30.2 Å². The summed E-state index contributed by atoms with van der Waals surface area (Å²) in [5, 5.41) is 6.11. The zero-order chi connectivity index (χ0) is 12.3. The van der Waals surface area contributed by atoms with Gasteiger partial charge in [0, 0.05) is 7.05 Å². The first-order valence-corrected chi connectivity index (χ1v) is 5.37. The van der Waals surface area contributed by atoms with Crippen molar-refractivity contribution in [3.63, 3.8) is 0 Å². The SMILES string of the molecule is CNc1cncc(NC(C)c2ncc(C)o2)n1. The minimum Gasteiger partial charge on any atom is -0.444 e. The Morgan fingerprint density at radius 2 is 2.00 bits per heavy atom. The fraction of sp³-hybridized carbons (Fsp3) is 0.364. The normalized spacial score (nSPS) is 12.2. The Labute approximate surface area is 99.5 Å². The van der Waals surface area contributed by atoms with Gasteiger partial charge >= 0.3 is 0 Å². The minimum atomic E-state index is -0.0508. The summed E-state index contributed by atoms with van der Waals surface area (Å²) >= 11 is 0. The summed E-state index contributed by atoms with van der Waals surface area (Å²) in [4.78, 5) is 12.5. The molecule has 0 fully saturated rings. The Bertz CT molecular complexity index is 496. The molecule has 0 spiro atoms. The second-order valence-electron chi connectivity index (χ2n) is 3.71. The maximum absolute atomic E-state index is 5.44. The topological polar surface area (TPSA) is 75.9 Å². The van der Waals surface area contributed by atoms with Gasteiger partial charge in [-0.05, 0) is 13.8 Å². The Morgan fingerprint density at radius 1 is 1.24 bits per heavy atom. The van der Waals surface area contributed by atoms with Crippen LogP contribution in [0.3, 0.4) is 0 Å². The molecule has 0 radical (unpaired) electrons. The number of anilines is 2. The van der Waals surface area contributed by atoms with Crippen molar-refractivity contribution in [1.82, 2.24) is 15.0 Å². The second-order valence-corrected chi connectivity index (χ2v) is 3.71. The Hall–Kier alpha value is -2.11. The van der Waals surface area contributed by atoms with E-state index >= 15 is 0 Å². The standard InChI is InChI=1S/C11H15N5O/c1-7-4-14-11(17-7)8(2)15-10-6-13-5-9(12-3)16-10/h4-6,8H,1-3H3,(H2,12,15,16). The lowest BCUT2D eigenvalue weighted by molar-refractivity contribution is 0.453. The minimum absolute atomic E-state index is 0.0508. The lowest BCUT2D eigenvalue weighted by Crippen LogP contribution is -2.09. The third-order valence-electron chi connectivity index (χ3n) is 2.26. The molecule has 2 aromatic heterocycles. The van der Waals surface area contributed by atoms with Crippen LogP contribution in [0.2, 0.25) is 0 Å². The molecule has 0 aliphatic carbocycles. The Morgan fingerprint density at radius 3 is 2.65 bits per heavy atom. The van der Waals surface area contributed by atoms with E-state index in [4.69, 9.17) is 4.42 Å². The van der Waals surface area contributed by atoms with Crippen LogP contribution < -0.4 is 10.6 Å². The summed E-state index contributed by atoms with van der Waals surface area (Å²) in [5.74, 6) is 2.83. The number of aryl methyl sites for hydroxylation is 1. The van der Waals surface area contributed by atoms with Crippen molar-refractivity contribution in [2.45, 2.75) is 19.9 Å². The van der Waals surface area contributed by atoms with Crippen LogP contribution in [0.25, 0.3) is 0 Å². The van der Waals surface area contributed by atoms with Crippen LogP contribution in [-0.2, 0) is 0 Å². The molecular formula is C11H15N5O. The fourth-order valence-corrected chi connectivity index (χ4v) is 1.41. The van der Waals surface area contributed by atoms with Crippen LogP contribution in [0.15, 0.2) is 23.0 Å². The first kappa shape index (κ1) is 11.4. The molecule has 6 heteroatoms. The summed E-state index contributed by atoms with van der Waals surface area (Å²) in [6.45, 7) is 3.82. The molecule has 90 valence electrons. The number of aromatic nitrogens is 3. The van der Waals surface area contributed by atoms with Crippen molar-refractivity contribution in [1.29, 1.82) is 0 Å². The first-order valence-electron chi connectivity index (χ1n) is 5.37. The summed E-state index contributed by atoms with van der Waals surface area (Å²) in [5.41, 5.74) is 0. The molecule has 1 unspecified atom stereocenters. The van der Waals surface area contributed by atoms with Crippen LogP contribution in [0.4, 0.5) is 11.6 Å². The van der Waals surface area contributed by atoms with E-state index in [1.165, 1.54) is 0 Å². The highest BCUT2D eigenvalue weighted by Crippen LogP contribution is 2.17. The predicted octanol–water partition coefficient (Wildman–Crippen LogP) is 1.99. The molecule has 0 aliphatic heterocycles. The highest BCUT2D eigenvalue weighted by Gasteiger charge is 2.11. The maximum Gasteiger partial charge on any atom is 0.216 e. The number of hydrogen-bond acceptors (Lipinski definition) is 6.